The second-order valence-electron chi connectivity index (χ2n) is 5.74. The molecule has 3 heteroatoms. The van der Waals surface area contributed by atoms with Gasteiger partial charge in [0, 0.05) is 11.0 Å². The van der Waals surface area contributed by atoms with Gasteiger partial charge in [0.1, 0.15) is 17.7 Å². The van der Waals surface area contributed by atoms with E-state index < -0.39 is 0 Å². The van der Waals surface area contributed by atoms with E-state index in [4.69, 9.17) is 4.74 Å². The maximum atomic E-state index is 13.5. The van der Waals surface area contributed by atoms with E-state index in [2.05, 4.69) is 31.2 Å². The van der Waals surface area contributed by atoms with Crippen LogP contribution >= 0.6 is 11.8 Å². The summed E-state index contributed by atoms with van der Waals surface area (Å²) in [6.07, 6.45) is 3.25. The van der Waals surface area contributed by atoms with E-state index in [1.165, 1.54) is 11.6 Å². The zero-order chi connectivity index (χ0) is 15.4. The molecular formula is C19H21FOS. The number of ether oxygens (including phenoxy) is 1. The summed E-state index contributed by atoms with van der Waals surface area (Å²) in [5.74, 6) is 1.65. The predicted octanol–water partition coefficient (Wildman–Crippen LogP) is 5.23. The Hall–Kier alpha value is -1.48. The molecule has 1 aliphatic heterocycles. The fourth-order valence-corrected chi connectivity index (χ4v) is 4.19. The molecule has 1 heterocycles. The highest BCUT2D eigenvalue weighted by Gasteiger charge is 2.29. The topological polar surface area (TPSA) is 9.23 Å². The third-order valence-electron chi connectivity index (χ3n) is 4.02. The molecule has 1 nitrogen and oxygen atoms in total. The van der Waals surface area contributed by atoms with Crippen LogP contribution in [0.1, 0.15) is 30.9 Å². The Balaban J connectivity index is 1.73. The van der Waals surface area contributed by atoms with E-state index in [0.717, 1.165) is 36.3 Å². The van der Waals surface area contributed by atoms with Gasteiger partial charge in [-0.15, -0.1) is 11.8 Å². The van der Waals surface area contributed by atoms with Crippen molar-refractivity contribution in [3.8, 4) is 5.75 Å². The van der Waals surface area contributed by atoms with Gasteiger partial charge in [-0.2, -0.15) is 0 Å². The Morgan fingerprint density at radius 3 is 2.77 bits per heavy atom. The third-order valence-corrected chi connectivity index (χ3v) is 5.42. The minimum Gasteiger partial charge on any atom is -0.489 e. The van der Waals surface area contributed by atoms with Gasteiger partial charge < -0.3 is 4.74 Å². The Morgan fingerprint density at radius 2 is 2.00 bits per heavy atom. The fraction of sp³-hybridized carbons (Fsp3) is 0.368. The lowest BCUT2D eigenvalue weighted by Crippen LogP contribution is -2.35. The summed E-state index contributed by atoms with van der Waals surface area (Å²) in [4.78, 5) is 0. The van der Waals surface area contributed by atoms with Crippen LogP contribution < -0.4 is 4.74 Å². The first-order valence-electron chi connectivity index (χ1n) is 7.87. The lowest BCUT2D eigenvalue weighted by Gasteiger charge is -2.33. The number of rotatable bonds is 5. The standard InChI is InChI=1S/C19H21FOS/c1-2-6-18-19(22-13-14-7-4-3-5-8-14)12-15-11-16(20)9-10-17(15)21-18/h3-5,7-11,18-19H,2,6,12-13H2,1H3/t18-,19-/m1/s1. The molecule has 0 saturated carbocycles. The highest BCUT2D eigenvalue weighted by Crippen LogP contribution is 2.36. The highest BCUT2D eigenvalue weighted by molar-refractivity contribution is 7.99. The minimum absolute atomic E-state index is 0.178. The first kappa shape index (κ1) is 15.4. The Kier molecular flexibility index (Phi) is 5.04. The van der Waals surface area contributed by atoms with Crippen LogP contribution in [-0.4, -0.2) is 11.4 Å². The Morgan fingerprint density at radius 1 is 1.18 bits per heavy atom. The van der Waals surface area contributed by atoms with E-state index in [0.29, 0.717) is 5.25 Å². The average molecular weight is 316 g/mol. The number of fused-ring (bicyclic) bond motifs is 1. The molecule has 2 aromatic carbocycles. The maximum absolute atomic E-state index is 13.5. The molecule has 1 aliphatic rings. The molecule has 2 aromatic rings. The van der Waals surface area contributed by atoms with E-state index in [1.54, 1.807) is 12.1 Å². The fourth-order valence-electron chi connectivity index (χ4n) is 2.88. The summed E-state index contributed by atoms with van der Waals surface area (Å²) in [6.45, 7) is 2.18. The van der Waals surface area contributed by atoms with Crippen LogP contribution in [-0.2, 0) is 12.2 Å². The van der Waals surface area contributed by atoms with E-state index in [-0.39, 0.29) is 11.9 Å². The van der Waals surface area contributed by atoms with Gasteiger partial charge in [-0.25, -0.2) is 4.39 Å². The van der Waals surface area contributed by atoms with Crippen molar-refractivity contribution in [2.24, 2.45) is 0 Å². The molecule has 0 saturated heterocycles. The van der Waals surface area contributed by atoms with Crippen LogP contribution in [0.3, 0.4) is 0 Å². The number of thioether (sulfide) groups is 1. The van der Waals surface area contributed by atoms with Crippen molar-refractivity contribution in [2.75, 3.05) is 0 Å². The largest absolute Gasteiger partial charge is 0.489 e. The second kappa shape index (κ2) is 7.19. The van der Waals surface area contributed by atoms with Gasteiger partial charge >= 0.3 is 0 Å². The van der Waals surface area contributed by atoms with E-state index in [9.17, 15) is 4.39 Å². The molecule has 0 fully saturated rings. The SMILES string of the molecule is CCC[C@H]1Oc2ccc(F)cc2C[C@H]1SCc1ccccc1. The van der Waals surface area contributed by atoms with Crippen molar-refractivity contribution in [3.05, 3.63) is 65.5 Å². The smallest absolute Gasteiger partial charge is 0.123 e. The molecule has 22 heavy (non-hydrogen) atoms. The molecular weight excluding hydrogens is 295 g/mol. The van der Waals surface area contributed by atoms with Gasteiger partial charge in [0.05, 0.1) is 0 Å². The van der Waals surface area contributed by atoms with Gasteiger partial charge in [-0.05, 0) is 42.2 Å². The van der Waals surface area contributed by atoms with Crippen LogP contribution in [0.5, 0.6) is 5.75 Å². The molecule has 0 bridgehead atoms. The lowest BCUT2D eigenvalue weighted by atomic mass is 9.99. The summed E-state index contributed by atoms with van der Waals surface area (Å²) < 4.78 is 19.6. The van der Waals surface area contributed by atoms with Gasteiger partial charge in [0.2, 0.25) is 0 Å². The zero-order valence-electron chi connectivity index (χ0n) is 12.8. The third kappa shape index (κ3) is 3.64. The molecule has 0 aliphatic carbocycles. The predicted molar refractivity (Wildman–Crippen MR) is 91.0 cm³/mol. The monoisotopic (exact) mass is 316 g/mol. The molecule has 0 spiro atoms. The van der Waals surface area contributed by atoms with Crippen LogP contribution in [0.4, 0.5) is 4.39 Å². The van der Waals surface area contributed by atoms with Crippen molar-refractivity contribution in [1.29, 1.82) is 0 Å². The molecule has 116 valence electrons. The lowest BCUT2D eigenvalue weighted by molar-refractivity contribution is 0.169. The molecule has 0 N–H and O–H groups in total. The summed E-state index contributed by atoms with van der Waals surface area (Å²) in [5.41, 5.74) is 2.32. The first-order valence-corrected chi connectivity index (χ1v) is 8.91. The van der Waals surface area contributed by atoms with Crippen LogP contribution in [0.15, 0.2) is 48.5 Å². The van der Waals surface area contributed by atoms with Crippen molar-refractivity contribution < 1.29 is 9.13 Å². The van der Waals surface area contributed by atoms with Crippen molar-refractivity contribution in [1.82, 2.24) is 0 Å². The number of benzene rings is 2. The number of hydrogen-bond acceptors (Lipinski definition) is 2. The maximum Gasteiger partial charge on any atom is 0.123 e. The minimum atomic E-state index is -0.178. The molecule has 2 atom stereocenters. The van der Waals surface area contributed by atoms with Crippen LogP contribution in [0.2, 0.25) is 0 Å². The summed E-state index contributed by atoms with van der Waals surface area (Å²) in [5, 5.41) is 0.384. The molecule has 0 unspecified atom stereocenters. The van der Waals surface area contributed by atoms with Gasteiger partial charge in [0.15, 0.2) is 0 Å². The summed E-state index contributed by atoms with van der Waals surface area (Å²) in [7, 11) is 0. The summed E-state index contributed by atoms with van der Waals surface area (Å²) in [6, 6.07) is 15.4. The molecule has 0 radical (unpaired) electrons. The average Bonchev–Trinajstić information content (AvgIpc) is 2.54. The Labute approximate surface area is 135 Å². The van der Waals surface area contributed by atoms with Gasteiger partial charge in [-0.3, -0.25) is 0 Å². The van der Waals surface area contributed by atoms with Crippen molar-refractivity contribution >= 4 is 11.8 Å². The molecule has 0 amide bonds. The normalized spacial score (nSPS) is 20.3. The first-order chi connectivity index (χ1) is 10.8. The van der Waals surface area contributed by atoms with E-state index in [1.807, 2.05) is 17.8 Å². The van der Waals surface area contributed by atoms with Crippen LogP contribution in [0.25, 0.3) is 0 Å². The van der Waals surface area contributed by atoms with Crippen LogP contribution in [0, 0.1) is 5.82 Å². The van der Waals surface area contributed by atoms with E-state index >= 15 is 0 Å². The number of hydrogen-bond donors (Lipinski definition) is 0. The second-order valence-corrected chi connectivity index (χ2v) is 6.96. The van der Waals surface area contributed by atoms with Gasteiger partial charge in [0.25, 0.3) is 0 Å². The Bertz CT molecular complexity index is 614. The van der Waals surface area contributed by atoms with Crippen molar-refractivity contribution in [3.63, 3.8) is 0 Å². The number of halogens is 1. The quantitative estimate of drug-likeness (QED) is 0.747. The van der Waals surface area contributed by atoms with Gasteiger partial charge in [-0.1, -0.05) is 43.7 Å². The zero-order valence-corrected chi connectivity index (χ0v) is 13.6. The molecule has 3 rings (SSSR count). The molecule has 0 aromatic heterocycles. The highest BCUT2D eigenvalue weighted by atomic mass is 32.2. The van der Waals surface area contributed by atoms with Crippen molar-refractivity contribution in [2.45, 2.75) is 43.3 Å². The summed E-state index contributed by atoms with van der Waals surface area (Å²) >= 11 is 1.92.